The van der Waals surface area contributed by atoms with Gasteiger partial charge < -0.3 is 14.6 Å². The third-order valence-electron chi connectivity index (χ3n) is 10.3. The van der Waals surface area contributed by atoms with Gasteiger partial charge in [-0.15, -0.1) is 0 Å². The van der Waals surface area contributed by atoms with Crippen LogP contribution in [0, 0.1) is 34.5 Å². The van der Waals surface area contributed by atoms with Crippen molar-refractivity contribution in [2.45, 2.75) is 84.0 Å². The second-order valence-corrected chi connectivity index (χ2v) is 11.7. The van der Waals surface area contributed by atoms with E-state index in [0.29, 0.717) is 31.3 Å². The Labute approximate surface area is 199 Å². The van der Waals surface area contributed by atoms with Crippen molar-refractivity contribution >= 4 is 17.3 Å². The Balaban J connectivity index is 1.62. The average molecular weight is 475 g/mol. The molecule has 0 radical (unpaired) electrons. The van der Waals surface area contributed by atoms with Crippen molar-refractivity contribution in [3.05, 3.63) is 23.8 Å². The number of ketones is 3. The topological polar surface area (TPSA) is 89.9 Å². The van der Waals surface area contributed by atoms with E-state index in [0.717, 1.165) is 0 Å². The van der Waals surface area contributed by atoms with E-state index in [1.54, 1.807) is 19.9 Å². The van der Waals surface area contributed by atoms with Crippen LogP contribution in [-0.2, 0) is 23.9 Å². The van der Waals surface area contributed by atoms with Gasteiger partial charge >= 0.3 is 0 Å². The molecule has 4 aliphatic carbocycles. The van der Waals surface area contributed by atoms with E-state index in [1.165, 1.54) is 12.2 Å². The van der Waals surface area contributed by atoms with E-state index in [9.17, 15) is 19.5 Å². The molecule has 0 aromatic rings. The molecule has 186 valence electrons. The van der Waals surface area contributed by atoms with Gasteiger partial charge in [0.15, 0.2) is 23.0 Å². The van der Waals surface area contributed by atoms with E-state index in [2.05, 4.69) is 0 Å². The number of fused-ring (bicyclic) bond motifs is 6. The third-order valence-corrected chi connectivity index (χ3v) is 10.3. The average Bonchev–Trinajstić information content (AvgIpc) is 2.99. The highest BCUT2D eigenvalue weighted by atomic mass is 19.1. The fourth-order valence-electron chi connectivity index (χ4n) is 8.16. The maximum absolute atomic E-state index is 17.2. The molecule has 0 aromatic carbocycles. The summed E-state index contributed by atoms with van der Waals surface area (Å²) in [6, 6.07) is 0. The van der Waals surface area contributed by atoms with Crippen LogP contribution in [0.4, 0.5) is 4.39 Å². The van der Waals surface area contributed by atoms with Gasteiger partial charge in [0, 0.05) is 29.1 Å². The highest BCUT2D eigenvalue weighted by Crippen LogP contribution is 2.71. The molecule has 4 fully saturated rings. The Morgan fingerprint density at radius 2 is 1.91 bits per heavy atom. The fourth-order valence-corrected chi connectivity index (χ4v) is 8.16. The summed E-state index contributed by atoms with van der Waals surface area (Å²) in [7, 11) is 0. The van der Waals surface area contributed by atoms with Gasteiger partial charge in [0.05, 0.1) is 0 Å². The van der Waals surface area contributed by atoms with Crippen LogP contribution in [0.3, 0.4) is 0 Å². The molecule has 0 bridgehead atoms. The molecule has 1 N–H and O–H groups in total. The lowest BCUT2D eigenvalue weighted by Gasteiger charge is -2.61. The van der Waals surface area contributed by atoms with Crippen molar-refractivity contribution in [1.29, 1.82) is 0 Å². The van der Waals surface area contributed by atoms with Crippen LogP contribution < -0.4 is 0 Å². The van der Waals surface area contributed by atoms with E-state index < -0.39 is 45.7 Å². The van der Waals surface area contributed by atoms with Crippen LogP contribution in [0.15, 0.2) is 23.8 Å². The predicted molar refractivity (Wildman–Crippen MR) is 121 cm³/mol. The number of rotatable bonds is 2. The van der Waals surface area contributed by atoms with Crippen molar-refractivity contribution < 1.29 is 33.4 Å². The van der Waals surface area contributed by atoms with Crippen LogP contribution >= 0.6 is 0 Å². The van der Waals surface area contributed by atoms with Crippen molar-refractivity contribution in [3.8, 4) is 0 Å². The van der Waals surface area contributed by atoms with Gasteiger partial charge in [-0.3, -0.25) is 14.4 Å². The fraction of sp³-hybridized carbons (Fsp3) is 0.741. The summed E-state index contributed by atoms with van der Waals surface area (Å²) < 4.78 is 29.1. The minimum atomic E-state index is -2.16. The Bertz CT molecular complexity index is 1030. The van der Waals surface area contributed by atoms with Crippen LogP contribution in [0.25, 0.3) is 0 Å². The molecule has 1 aliphatic heterocycles. The second-order valence-electron chi connectivity index (χ2n) is 11.7. The van der Waals surface area contributed by atoms with Gasteiger partial charge in [0.2, 0.25) is 0 Å². The lowest BCUT2D eigenvalue weighted by Crippen LogP contribution is -2.71. The lowest BCUT2D eigenvalue weighted by molar-refractivity contribution is -0.437. The molecule has 5 aliphatic rings. The van der Waals surface area contributed by atoms with Gasteiger partial charge in [0.1, 0.15) is 12.2 Å². The molecular weight excluding hydrogens is 439 g/mol. The standard InChI is InChI=1S/C27H35FO6/c1-6-15(2)27(32)33-14-22(31)26(34-27)16(3)11-20-19-8-7-17-12-18(29)9-10-23(17,4)25(19,28)21(30)13-24(20,26)5/h9-10,12,15-16,19-20,32H,6-8,11,13-14H2,1-5H3/t15?,16-,19-,20-,23-,24-,25-,26-,27?/m0/s1. The van der Waals surface area contributed by atoms with Crippen molar-refractivity contribution in [3.63, 3.8) is 0 Å². The molecule has 6 nitrogen and oxygen atoms in total. The van der Waals surface area contributed by atoms with Gasteiger partial charge in [-0.2, -0.15) is 0 Å². The smallest absolute Gasteiger partial charge is 0.284 e. The molecule has 7 heteroatoms. The maximum atomic E-state index is 17.2. The van der Waals surface area contributed by atoms with Crippen LogP contribution in [0.5, 0.6) is 0 Å². The summed E-state index contributed by atoms with van der Waals surface area (Å²) in [6.45, 7) is 8.89. The van der Waals surface area contributed by atoms with Crippen molar-refractivity contribution in [2.75, 3.05) is 6.61 Å². The zero-order valence-corrected chi connectivity index (χ0v) is 20.7. The number of hydrogen-bond donors (Lipinski definition) is 1. The minimum absolute atomic E-state index is 0.165. The number of ether oxygens (including phenoxy) is 2. The number of allylic oxidation sites excluding steroid dienone is 4. The van der Waals surface area contributed by atoms with Crippen molar-refractivity contribution in [1.82, 2.24) is 0 Å². The minimum Gasteiger partial charge on any atom is -0.343 e. The van der Waals surface area contributed by atoms with E-state index >= 15 is 4.39 Å². The van der Waals surface area contributed by atoms with Crippen LogP contribution in [-0.4, -0.2) is 46.3 Å². The van der Waals surface area contributed by atoms with E-state index in [4.69, 9.17) is 9.47 Å². The lowest BCUT2D eigenvalue weighted by atomic mass is 9.45. The first-order valence-corrected chi connectivity index (χ1v) is 12.6. The maximum Gasteiger partial charge on any atom is 0.284 e. The molecule has 34 heavy (non-hydrogen) atoms. The van der Waals surface area contributed by atoms with Crippen molar-refractivity contribution in [2.24, 2.45) is 34.5 Å². The molecular formula is C27H35FO6. The molecule has 2 unspecified atom stereocenters. The molecule has 1 heterocycles. The number of carbonyl (C=O) groups excluding carboxylic acids is 3. The number of hydrogen-bond acceptors (Lipinski definition) is 6. The molecule has 1 saturated heterocycles. The van der Waals surface area contributed by atoms with E-state index in [-0.39, 0.29) is 36.4 Å². The summed E-state index contributed by atoms with van der Waals surface area (Å²) >= 11 is 0. The summed E-state index contributed by atoms with van der Waals surface area (Å²) in [6.07, 6.45) is 6.29. The summed E-state index contributed by atoms with van der Waals surface area (Å²) in [4.78, 5) is 39.4. The first-order chi connectivity index (χ1) is 15.8. The number of aliphatic hydroxyl groups is 1. The summed E-state index contributed by atoms with van der Waals surface area (Å²) in [5.41, 5.74) is -5.08. The molecule has 3 saturated carbocycles. The van der Waals surface area contributed by atoms with Gasteiger partial charge in [0.25, 0.3) is 5.97 Å². The first kappa shape index (κ1) is 24.0. The predicted octanol–water partition coefficient (Wildman–Crippen LogP) is 3.86. The molecule has 0 amide bonds. The Hall–Kier alpha value is -1.70. The highest BCUT2D eigenvalue weighted by molar-refractivity contribution is 6.03. The monoisotopic (exact) mass is 474 g/mol. The Kier molecular flexibility index (Phi) is 5.07. The second kappa shape index (κ2) is 7.17. The SMILES string of the molecule is CCC(C)C1(O)OCC(=O)[C@@]2(O1)[C@@H](C)C[C@H]1[C@@H]3CCC4=CC(=O)C=C[C@]4(C)[C@@]3(F)C(=O)C[C@@]12C. The highest BCUT2D eigenvalue weighted by Gasteiger charge is 2.78. The molecule has 1 spiro atoms. The molecule has 0 aromatic heterocycles. The zero-order chi connectivity index (χ0) is 24.9. The zero-order valence-electron chi connectivity index (χ0n) is 20.7. The quantitative estimate of drug-likeness (QED) is 0.654. The number of Topliss-reactive ketones (excluding diaryl/α,β-unsaturated/α-hetero) is 2. The summed E-state index contributed by atoms with van der Waals surface area (Å²) in [5, 5.41) is 11.3. The number of alkyl halides is 1. The number of carbonyl (C=O) groups is 3. The molecule has 5 rings (SSSR count). The van der Waals surface area contributed by atoms with Crippen LogP contribution in [0.1, 0.15) is 66.7 Å². The third kappa shape index (κ3) is 2.59. The van der Waals surface area contributed by atoms with Gasteiger partial charge in [-0.1, -0.05) is 39.3 Å². The van der Waals surface area contributed by atoms with E-state index in [1.807, 2.05) is 20.8 Å². The largest absolute Gasteiger partial charge is 0.343 e. The van der Waals surface area contributed by atoms with Crippen LogP contribution in [0.2, 0.25) is 0 Å². The van der Waals surface area contributed by atoms with Gasteiger partial charge in [-0.25, -0.2) is 4.39 Å². The Morgan fingerprint density at radius 1 is 1.21 bits per heavy atom. The Morgan fingerprint density at radius 3 is 2.59 bits per heavy atom. The summed E-state index contributed by atoms with van der Waals surface area (Å²) in [5.74, 6) is -4.58. The van der Waals surface area contributed by atoms with Gasteiger partial charge in [-0.05, 0) is 56.6 Å². The normalized spacial score (nSPS) is 51.1. The number of halogens is 1. The first-order valence-electron chi connectivity index (χ1n) is 12.6. The molecule has 9 atom stereocenters.